The molecule has 0 aliphatic rings. The van der Waals surface area contributed by atoms with Crippen molar-refractivity contribution in [1.29, 1.82) is 0 Å². The molecule has 1 aromatic carbocycles. The summed E-state index contributed by atoms with van der Waals surface area (Å²) in [7, 11) is 0. The average molecular weight is 359 g/mol. The molecule has 0 radical (unpaired) electrons. The van der Waals surface area contributed by atoms with Crippen LogP contribution in [0.5, 0.6) is 0 Å². The van der Waals surface area contributed by atoms with Crippen molar-refractivity contribution in [2.45, 2.75) is 25.8 Å². The van der Waals surface area contributed by atoms with Gasteiger partial charge in [0.2, 0.25) is 11.8 Å². The van der Waals surface area contributed by atoms with Gasteiger partial charge in [-0.15, -0.1) is 0 Å². The van der Waals surface area contributed by atoms with E-state index >= 15 is 0 Å². The Hall–Kier alpha value is -2.60. The molecular weight excluding hydrogens is 340 g/mol. The minimum atomic E-state index is -0.0853. The van der Waals surface area contributed by atoms with Crippen LogP contribution in [0.25, 0.3) is 0 Å². The van der Waals surface area contributed by atoms with Crippen molar-refractivity contribution >= 4 is 17.5 Å². The van der Waals surface area contributed by atoms with Crippen molar-refractivity contribution in [1.82, 2.24) is 20.0 Å². The van der Waals surface area contributed by atoms with Gasteiger partial charge in [0.1, 0.15) is 0 Å². The molecule has 2 aromatic heterocycles. The summed E-state index contributed by atoms with van der Waals surface area (Å²) >= 11 is 5.97. The standard InChI is InChI=1S/C18H19ClN4O2/c1-13-21-18(25-22-13)8-9-20-17(24)12-16(23-10-2-3-11-23)14-4-6-15(19)7-5-14/h2-7,10-11,16H,8-9,12H2,1H3,(H,20,24)/t16-/m0/s1. The fourth-order valence-electron chi connectivity index (χ4n) is 2.63. The van der Waals surface area contributed by atoms with Gasteiger partial charge in [-0.3, -0.25) is 4.79 Å². The number of hydrogen-bond donors (Lipinski definition) is 1. The lowest BCUT2D eigenvalue weighted by atomic mass is 10.0. The van der Waals surface area contributed by atoms with E-state index in [9.17, 15) is 4.79 Å². The van der Waals surface area contributed by atoms with Gasteiger partial charge in [0, 0.05) is 30.4 Å². The van der Waals surface area contributed by atoms with E-state index in [1.165, 1.54) is 0 Å². The molecular formula is C18H19ClN4O2. The van der Waals surface area contributed by atoms with Crippen LogP contribution in [0.15, 0.2) is 53.3 Å². The molecule has 1 N–H and O–H groups in total. The van der Waals surface area contributed by atoms with Gasteiger partial charge in [-0.05, 0) is 36.8 Å². The largest absolute Gasteiger partial charge is 0.356 e. The van der Waals surface area contributed by atoms with Gasteiger partial charge in [0.05, 0.1) is 12.5 Å². The van der Waals surface area contributed by atoms with E-state index in [1.54, 1.807) is 6.92 Å². The lowest BCUT2D eigenvalue weighted by Crippen LogP contribution is -2.28. The highest BCUT2D eigenvalue weighted by Crippen LogP contribution is 2.24. The fourth-order valence-corrected chi connectivity index (χ4v) is 2.76. The Bertz CT molecular complexity index is 812. The van der Waals surface area contributed by atoms with Gasteiger partial charge in [-0.2, -0.15) is 4.98 Å². The van der Waals surface area contributed by atoms with Crippen molar-refractivity contribution in [2.24, 2.45) is 0 Å². The maximum Gasteiger partial charge on any atom is 0.228 e. The van der Waals surface area contributed by atoms with E-state index in [1.807, 2.05) is 53.4 Å². The Morgan fingerprint density at radius 1 is 1.28 bits per heavy atom. The van der Waals surface area contributed by atoms with Crippen LogP contribution in [0.4, 0.5) is 0 Å². The maximum absolute atomic E-state index is 12.4. The topological polar surface area (TPSA) is 73.0 Å². The molecule has 25 heavy (non-hydrogen) atoms. The summed E-state index contributed by atoms with van der Waals surface area (Å²) in [5, 5.41) is 7.31. The first-order chi connectivity index (χ1) is 12.1. The van der Waals surface area contributed by atoms with Gasteiger partial charge in [0.25, 0.3) is 0 Å². The van der Waals surface area contributed by atoms with Gasteiger partial charge < -0.3 is 14.4 Å². The van der Waals surface area contributed by atoms with E-state index < -0.39 is 0 Å². The van der Waals surface area contributed by atoms with Crippen molar-refractivity contribution in [3.05, 3.63) is 71.1 Å². The zero-order valence-corrected chi connectivity index (χ0v) is 14.6. The van der Waals surface area contributed by atoms with Crippen LogP contribution in [0.1, 0.15) is 29.7 Å². The monoisotopic (exact) mass is 358 g/mol. The number of carbonyl (C=O) groups excluding carboxylic acids is 1. The molecule has 1 atom stereocenters. The summed E-state index contributed by atoms with van der Waals surface area (Å²) in [6.07, 6.45) is 4.75. The summed E-state index contributed by atoms with van der Waals surface area (Å²) in [4.78, 5) is 16.5. The first-order valence-corrected chi connectivity index (χ1v) is 8.43. The third-order valence-corrected chi connectivity index (χ3v) is 4.10. The molecule has 2 heterocycles. The van der Waals surface area contributed by atoms with Crippen molar-refractivity contribution in [3.8, 4) is 0 Å². The molecule has 0 spiro atoms. The molecule has 0 saturated heterocycles. The molecule has 0 aliphatic heterocycles. The predicted octanol–water partition coefficient (Wildman–Crippen LogP) is 3.17. The summed E-state index contributed by atoms with van der Waals surface area (Å²) in [6.45, 7) is 2.22. The summed E-state index contributed by atoms with van der Waals surface area (Å²) < 4.78 is 7.06. The highest BCUT2D eigenvalue weighted by molar-refractivity contribution is 6.30. The van der Waals surface area contributed by atoms with Crippen LogP contribution in [0.2, 0.25) is 5.02 Å². The normalized spacial score (nSPS) is 12.1. The van der Waals surface area contributed by atoms with E-state index in [2.05, 4.69) is 15.5 Å². The third kappa shape index (κ3) is 4.70. The number of hydrogen-bond acceptors (Lipinski definition) is 4. The minimum absolute atomic E-state index is 0.0371. The van der Waals surface area contributed by atoms with Crippen molar-refractivity contribution in [2.75, 3.05) is 6.54 Å². The van der Waals surface area contributed by atoms with Crippen LogP contribution >= 0.6 is 11.6 Å². The fraction of sp³-hybridized carbons (Fsp3) is 0.278. The number of aromatic nitrogens is 3. The minimum Gasteiger partial charge on any atom is -0.356 e. The first kappa shape index (κ1) is 17.2. The summed E-state index contributed by atoms with van der Waals surface area (Å²) in [5.41, 5.74) is 1.03. The zero-order chi connectivity index (χ0) is 17.6. The number of aryl methyl sites for hydroxylation is 1. The molecule has 3 rings (SSSR count). The van der Waals surface area contributed by atoms with E-state index in [0.29, 0.717) is 36.1 Å². The summed E-state index contributed by atoms with van der Waals surface area (Å²) in [5.74, 6) is 1.08. The quantitative estimate of drug-likeness (QED) is 0.704. The molecule has 130 valence electrons. The number of benzene rings is 1. The second-order valence-electron chi connectivity index (χ2n) is 5.74. The number of rotatable bonds is 7. The average Bonchev–Trinajstić information content (AvgIpc) is 3.25. The highest BCUT2D eigenvalue weighted by atomic mass is 35.5. The van der Waals surface area contributed by atoms with Crippen LogP contribution in [0, 0.1) is 6.92 Å². The van der Waals surface area contributed by atoms with E-state index in [4.69, 9.17) is 16.1 Å². The smallest absolute Gasteiger partial charge is 0.228 e. The Labute approximate surface area is 150 Å². The van der Waals surface area contributed by atoms with Gasteiger partial charge >= 0.3 is 0 Å². The van der Waals surface area contributed by atoms with Gasteiger partial charge in [-0.1, -0.05) is 28.9 Å². The number of nitrogens with one attached hydrogen (secondary N) is 1. The molecule has 0 aliphatic carbocycles. The Kier molecular flexibility index (Phi) is 5.50. The number of amides is 1. The van der Waals surface area contributed by atoms with Crippen molar-refractivity contribution in [3.63, 3.8) is 0 Å². The Morgan fingerprint density at radius 2 is 2.00 bits per heavy atom. The van der Waals surface area contributed by atoms with Crippen LogP contribution in [0.3, 0.4) is 0 Å². The third-order valence-electron chi connectivity index (χ3n) is 3.85. The van der Waals surface area contributed by atoms with Crippen molar-refractivity contribution < 1.29 is 9.32 Å². The molecule has 3 aromatic rings. The maximum atomic E-state index is 12.4. The van der Waals surface area contributed by atoms with Crippen LogP contribution < -0.4 is 5.32 Å². The number of nitrogens with zero attached hydrogens (tertiary/aromatic N) is 3. The second-order valence-corrected chi connectivity index (χ2v) is 6.17. The molecule has 1 amide bonds. The Morgan fingerprint density at radius 3 is 2.64 bits per heavy atom. The number of carbonyl (C=O) groups is 1. The predicted molar refractivity (Wildman–Crippen MR) is 94.4 cm³/mol. The van der Waals surface area contributed by atoms with Crippen LogP contribution in [-0.2, 0) is 11.2 Å². The SMILES string of the molecule is Cc1noc(CCNC(=O)C[C@@H](c2ccc(Cl)cc2)n2cccc2)n1. The summed E-state index contributed by atoms with van der Waals surface area (Å²) in [6, 6.07) is 11.4. The molecule has 0 fully saturated rings. The molecule has 7 heteroatoms. The lowest BCUT2D eigenvalue weighted by molar-refractivity contribution is -0.121. The van der Waals surface area contributed by atoms with E-state index in [0.717, 1.165) is 5.56 Å². The second kappa shape index (κ2) is 7.98. The van der Waals surface area contributed by atoms with Gasteiger partial charge in [0.15, 0.2) is 5.82 Å². The molecule has 0 unspecified atom stereocenters. The molecule has 6 nitrogen and oxygen atoms in total. The highest BCUT2D eigenvalue weighted by Gasteiger charge is 2.17. The van der Waals surface area contributed by atoms with E-state index in [-0.39, 0.29) is 11.9 Å². The number of halogens is 1. The Balaban J connectivity index is 1.61. The van der Waals surface area contributed by atoms with Crippen LogP contribution in [-0.4, -0.2) is 27.2 Å². The lowest BCUT2D eigenvalue weighted by Gasteiger charge is -2.19. The first-order valence-electron chi connectivity index (χ1n) is 8.05. The molecule has 0 saturated carbocycles. The zero-order valence-electron chi connectivity index (χ0n) is 13.9. The molecule has 0 bridgehead atoms. The van der Waals surface area contributed by atoms with Gasteiger partial charge in [-0.25, -0.2) is 0 Å².